The van der Waals surface area contributed by atoms with Crippen molar-refractivity contribution >= 4 is 11.8 Å². The van der Waals surface area contributed by atoms with Crippen molar-refractivity contribution in [2.75, 3.05) is 39.8 Å². The van der Waals surface area contributed by atoms with Crippen molar-refractivity contribution in [3.63, 3.8) is 0 Å². The van der Waals surface area contributed by atoms with Crippen molar-refractivity contribution in [2.45, 2.75) is 13.0 Å². The summed E-state index contributed by atoms with van der Waals surface area (Å²) in [5, 5.41) is 0. The van der Waals surface area contributed by atoms with Gasteiger partial charge in [0, 0.05) is 50.8 Å². The summed E-state index contributed by atoms with van der Waals surface area (Å²) in [4.78, 5) is 35.0. The van der Waals surface area contributed by atoms with Gasteiger partial charge in [-0.15, -0.1) is 0 Å². The number of hydrogen-bond acceptors (Lipinski definition) is 4. The van der Waals surface area contributed by atoms with E-state index in [-0.39, 0.29) is 17.7 Å². The standard InChI is InChI=1S/C17H22N4O2/c1-19-9-17(10-19)11-21(12-17)16(23)13-6-15(22)20(7-13)8-14-4-2-3-5-18-14/h2-5,13H,6-12H2,1H3. The SMILES string of the molecule is CN1CC2(C1)CN(C(=O)C1CC(=O)N(Cc3ccccn3)C1)C2. The number of aromatic nitrogens is 1. The van der Waals surface area contributed by atoms with Crippen LogP contribution >= 0.6 is 0 Å². The average Bonchev–Trinajstić information content (AvgIpc) is 2.83. The van der Waals surface area contributed by atoms with E-state index in [2.05, 4.69) is 16.9 Å². The third kappa shape index (κ3) is 2.61. The van der Waals surface area contributed by atoms with Gasteiger partial charge in [-0.3, -0.25) is 14.6 Å². The number of hydrogen-bond donors (Lipinski definition) is 0. The van der Waals surface area contributed by atoms with Gasteiger partial charge < -0.3 is 14.7 Å². The molecule has 3 aliphatic rings. The van der Waals surface area contributed by atoms with Crippen LogP contribution in [0.3, 0.4) is 0 Å². The summed E-state index contributed by atoms with van der Waals surface area (Å²) in [7, 11) is 2.11. The third-order valence-electron chi connectivity index (χ3n) is 5.22. The predicted octanol–water partition coefficient (Wildman–Crippen LogP) is 0.204. The zero-order chi connectivity index (χ0) is 16.0. The summed E-state index contributed by atoms with van der Waals surface area (Å²) < 4.78 is 0. The molecule has 0 radical (unpaired) electrons. The fraction of sp³-hybridized carbons (Fsp3) is 0.588. The second-order valence-electron chi connectivity index (χ2n) is 7.36. The van der Waals surface area contributed by atoms with Crippen LogP contribution in [0.5, 0.6) is 0 Å². The first-order valence-corrected chi connectivity index (χ1v) is 8.20. The fourth-order valence-corrected chi connectivity index (χ4v) is 4.25. The molecule has 1 aromatic rings. The Kier molecular flexibility index (Phi) is 3.37. The lowest BCUT2D eigenvalue weighted by molar-refractivity contribution is -0.160. The monoisotopic (exact) mass is 314 g/mol. The Morgan fingerprint density at radius 3 is 2.74 bits per heavy atom. The van der Waals surface area contributed by atoms with Crippen molar-refractivity contribution in [1.82, 2.24) is 19.7 Å². The molecule has 122 valence electrons. The van der Waals surface area contributed by atoms with Crippen LogP contribution in [0, 0.1) is 11.3 Å². The van der Waals surface area contributed by atoms with Gasteiger partial charge in [-0.25, -0.2) is 0 Å². The topological polar surface area (TPSA) is 56.8 Å². The summed E-state index contributed by atoms with van der Waals surface area (Å²) in [6.45, 7) is 4.93. The minimum absolute atomic E-state index is 0.0626. The summed E-state index contributed by atoms with van der Waals surface area (Å²) in [6.07, 6.45) is 2.07. The minimum atomic E-state index is -0.179. The lowest BCUT2D eigenvalue weighted by Gasteiger charge is -2.59. The molecule has 4 rings (SSSR count). The smallest absolute Gasteiger partial charge is 0.228 e. The maximum absolute atomic E-state index is 12.6. The fourth-order valence-electron chi connectivity index (χ4n) is 4.25. The van der Waals surface area contributed by atoms with Gasteiger partial charge in [0.1, 0.15) is 0 Å². The van der Waals surface area contributed by atoms with E-state index >= 15 is 0 Å². The van der Waals surface area contributed by atoms with E-state index in [0.29, 0.717) is 24.9 Å². The predicted molar refractivity (Wildman–Crippen MR) is 84.3 cm³/mol. The Labute approximate surface area is 136 Å². The molecule has 1 spiro atoms. The lowest BCUT2D eigenvalue weighted by atomic mass is 9.73. The highest BCUT2D eigenvalue weighted by molar-refractivity contribution is 5.89. The maximum Gasteiger partial charge on any atom is 0.228 e. The Morgan fingerprint density at radius 1 is 1.30 bits per heavy atom. The van der Waals surface area contributed by atoms with Gasteiger partial charge in [0.25, 0.3) is 0 Å². The summed E-state index contributed by atoms with van der Waals surface area (Å²) in [6, 6.07) is 5.69. The van der Waals surface area contributed by atoms with Crippen molar-refractivity contribution in [2.24, 2.45) is 11.3 Å². The molecule has 0 aromatic carbocycles. The van der Waals surface area contributed by atoms with Gasteiger partial charge in [-0.1, -0.05) is 6.07 Å². The molecule has 0 N–H and O–H groups in total. The second kappa shape index (κ2) is 5.30. The van der Waals surface area contributed by atoms with Gasteiger partial charge in [0.2, 0.25) is 11.8 Å². The number of rotatable bonds is 3. The van der Waals surface area contributed by atoms with Crippen molar-refractivity contribution in [3.05, 3.63) is 30.1 Å². The molecular formula is C17H22N4O2. The highest BCUT2D eigenvalue weighted by Gasteiger charge is 2.53. The molecule has 2 amide bonds. The highest BCUT2D eigenvalue weighted by Crippen LogP contribution is 2.39. The van der Waals surface area contributed by atoms with Crippen LogP contribution in [0.2, 0.25) is 0 Å². The van der Waals surface area contributed by atoms with Crippen molar-refractivity contribution < 1.29 is 9.59 Å². The van der Waals surface area contributed by atoms with Crippen LogP contribution in [0.4, 0.5) is 0 Å². The Morgan fingerprint density at radius 2 is 2.09 bits per heavy atom. The van der Waals surface area contributed by atoms with Crippen LogP contribution < -0.4 is 0 Å². The molecule has 3 aliphatic heterocycles. The van der Waals surface area contributed by atoms with E-state index in [0.717, 1.165) is 31.9 Å². The van der Waals surface area contributed by atoms with Gasteiger partial charge in [0.15, 0.2) is 0 Å². The van der Waals surface area contributed by atoms with E-state index in [4.69, 9.17) is 0 Å². The highest BCUT2D eigenvalue weighted by atomic mass is 16.2. The van der Waals surface area contributed by atoms with Crippen LogP contribution in [0.25, 0.3) is 0 Å². The molecule has 1 aromatic heterocycles. The molecule has 4 heterocycles. The zero-order valence-corrected chi connectivity index (χ0v) is 13.4. The first-order chi connectivity index (χ1) is 11.0. The van der Waals surface area contributed by atoms with Crippen LogP contribution in [-0.4, -0.2) is 71.3 Å². The molecule has 0 saturated carbocycles. The minimum Gasteiger partial charge on any atom is -0.341 e. The molecule has 1 unspecified atom stereocenters. The Balaban J connectivity index is 1.33. The van der Waals surface area contributed by atoms with E-state index in [1.54, 1.807) is 11.1 Å². The maximum atomic E-state index is 12.6. The molecule has 1 atom stereocenters. The van der Waals surface area contributed by atoms with E-state index in [9.17, 15) is 9.59 Å². The number of nitrogens with zero attached hydrogens (tertiary/aromatic N) is 4. The van der Waals surface area contributed by atoms with Gasteiger partial charge in [-0.2, -0.15) is 0 Å². The lowest BCUT2D eigenvalue weighted by Crippen LogP contribution is -2.72. The van der Waals surface area contributed by atoms with Gasteiger partial charge in [-0.05, 0) is 19.2 Å². The number of carbonyl (C=O) groups is 2. The van der Waals surface area contributed by atoms with Gasteiger partial charge >= 0.3 is 0 Å². The molecule has 6 nitrogen and oxygen atoms in total. The second-order valence-corrected chi connectivity index (χ2v) is 7.36. The Hall–Kier alpha value is -1.95. The molecule has 3 saturated heterocycles. The number of amides is 2. The molecule has 6 heteroatoms. The van der Waals surface area contributed by atoms with Crippen molar-refractivity contribution in [3.8, 4) is 0 Å². The normalized spacial score (nSPS) is 26.3. The molecule has 0 aliphatic carbocycles. The molecular weight excluding hydrogens is 292 g/mol. The van der Waals surface area contributed by atoms with Crippen LogP contribution in [0.15, 0.2) is 24.4 Å². The Bertz CT molecular complexity index is 619. The quantitative estimate of drug-likeness (QED) is 0.800. The number of pyridine rings is 1. The summed E-state index contributed by atoms with van der Waals surface area (Å²) >= 11 is 0. The van der Waals surface area contributed by atoms with E-state index < -0.39 is 0 Å². The van der Waals surface area contributed by atoms with Gasteiger partial charge in [0.05, 0.1) is 18.2 Å². The first-order valence-electron chi connectivity index (χ1n) is 8.20. The first kappa shape index (κ1) is 14.6. The van der Waals surface area contributed by atoms with Crippen LogP contribution in [-0.2, 0) is 16.1 Å². The zero-order valence-electron chi connectivity index (χ0n) is 13.4. The largest absolute Gasteiger partial charge is 0.341 e. The van der Waals surface area contributed by atoms with E-state index in [1.165, 1.54) is 0 Å². The summed E-state index contributed by atoms with van der Waals surface area (Å²) in [5.74, 6) is 0.0380. The third-order valence-corrected chi connectivity index (χ3v) is 5.22. The average molecular weight is 314 g/mol. The number of carbonyl (C=O) groups excluding carboxylic acids is 2. The van der Waals surface area contributed by atoms with Crippen LogP contribution in [0.1, 0.15) is 12.1 Å². The van der Waals surface area contributed by atoms with E-state index in [1.807, 2.05) is 23.1 Å². The molecule has 3 fully saturated rings. The van der Waals surface area contributed by atoms with Crippen molar-refractivity contribution in [1.29, 1.82) is 0 Å². The molecule has 23 heavy (non-hydrogen) atoms. The number of likely N-dealkylation sites (tertiary alicyclic amines) is 3. The molecule has 0 bridgehead atoms. The summed E-state index contributed by atoms with van der Waals surface area (Å²) in [5.41, 5.74) is 1.22.